The third-order valence-corrected chi connectivity index (χ3v) is 4.77. The number of carboxylic acid groups (broad SMARTS) is 1. The third-order valence-electron chi connectivity index (χ3n) is 4.06. The maximum absolute atomic E-state index is 11.8. The van der Waals surface area contributed by atoms with Gasteiger partial charge in [0.25, 0.3) is 0 Å². The maximum Gasteiger partial charge on any atom is 0.461 e. The van der Waals surface area contributed by atoms with Crippen LogP contribution >= 0.6 is 0 Å². The van der Waals surface area contributed by atoms with E-state index in [1.54, 1.807) is 6.92 Å². The van der Waals surface area contributed by atoms with Crippen LogP contribution in [0.15, 0.2) is 60.8 Å². The quantitative estimate of drug-likeness (QED) is 0.0897. The Morgan fingerprint density at radius 2 is 1.13 bits per heavy atom. The van der Waals surface area contributed by atoms with E-state index < -0.39 is 47.5 Å². The van der Waals surface area contributed by atoms with Crippen molar-refractivity contribution in [2.45, 2.75) is 52.2 Å². The number of carbonyl (C=O) groups is 5. The molecule has 0 aliphatic carbocycles. The van der Waals surface area contributed by atoms with Crippen molar-refractivity contribution in [2.24, 2.45) is 0 Å². The van der Waals surface area contributed by atoms with Crippen LogP contribution in [0.25, 0.3) is 0 Å². The Hall–Kier alpha value is -3.81. The Morgan fingerprint density at radius 1 is 0.744 bits per heavy atom. The van der Waals surface area contributed by atoms with Gasteiger partial charge in [-0.05, 0) is 34.1 Å². The molecular formula is C26H38O12Si. The Balaban J connectivity index is 0. The molecule has 2 N–H and O–H groups in total. The highest BCUT2D eigenvalue weighted by Crippen LogP contribution is 2.28. The van der Waals surface area contributed by atoms with Crippen molar-refractivity contribution in [3.05, 3.63) is 60.8 Å². The third kappa shape index (κ3) is 15.3. The highest BCUT2D eigenvalue weighted by molar-refractivity contribution is 6.08. The van der Waals surface area contributed by atoms with Crippen LogP contribution in [0.3, 0.4) is 0 Å². The molecule has 12 nitrogen and oxygen atoms in total. The summed E-state index contributed by atoms with van der Waals surface area (Å²) < 4.78 is 24.3. The Bertz CT molecular complexity index is 926. The minimum Gasteiger partial charge on any atom is -0.478 e. The van der Waals surface area contributed by atoms with Gasteiger partial charge in [-0.3, -0.25) is 0 Å². The monoisotopic (exact) mass is 570 g/mol. The first-order chi connectivity index (χ1) is 17.9. The van der Waals surface area contributed by atoms with Gasteiger partial charge in [0.05, 0.1) is 6.61 Å². The molecule has 0 rings (SSSR count). The molecule has 218 valence electrons. The lowest BCUT2D eigenvalue weighted by Crippen LogP contribution is -2.48. The Morgan fingerprint density at radius 3 is 1.44 bits per heavy atom. The topological polar surface area (TPSA) is 172 Å². The second-order valence-electron chi connectivity index (χ2n) is 8.31. The minimum absolute atomic E-state index is 0.0352. The zero-order valence-electron chi connectivity index (χ0n) is 23.1. The predicted octanol–water partition coefficient (Wildman–Crippen LogP) is 1.30. The number of carbonyl (C=O) groups excluding carboxylic acids is 4. The van der Waals surface area contributed by atoms with Gasteiger partial charge < -0.3 is 33.9 Å². The van der Waals surface area contributed by atoms with E-state index >= 15 is 0 Å². The molecule has 1 atom stereocenters. The number of hydrogen-bond acceptors (Lipinski definition) is 11. The van der Waals surface area contributed by atoms with Crippen LogP contribution in [-0.4, -0.2) is 82.2 Å². The van der Waals surface area contributed by atoms with Crippen LogP contribution in [0, 0.1) is 0 Å². The number of rotatable bonds is 16. The number of aliphatic hydroxyl groups is 1. The van der Waals surface area contributed by atoms with Gasteiger partial charge in [-0.1, -0.05) is 38.9 Å². The molecule has 0 aromatic heterocycles. The fourth-order valence-electron chi connectivity index (χ4n) is 1.81. The first-order valence-corrected chi connectivity index (χ1v) is 13.0. The van der Waals surface area contributed by atoms with E-state index in [4.69, 9.17) is 28.8 Å². The smallest absolute Gasteiger partial charge is 0.461 e. The standard InChI is InChI=1S/C16H18O8.C10H20O4Si/c1-8(2)13(19)22-16(11(7)12(17)18,23-14(20)9(3)4)24-15(21)10(5)6;1-8(2)10(12)14-7-9(11)6-13-4-3-5-15/h1,3,5,7H2,2,4,6H3,(H,17,18);9,11H,1,3-7H2,2,15H3. The van der Waals surface area contributed by atoms with Gasteiger partial charge in [0.1, 0.15) is 12.7 Å². The zero-order valence-corrected chi connectivity index (χ0v) is 25.1. The molecule has 0 aromatic carbocycles. The summed E-state index contributed by atoms with van der Waals surface area (Å²) in [7, 11) is 1.18. The SMILES string of the molecule is C=C(C)C(=O)OC(OC(=O)C(=C)C)(OC(=O)C(=C)C)C(=C)C(=O)O.C=C(C)C(=O)OCC(O)COCCC[SiH3]. The summed E-state index contributed by atoms with van der Waals surface area (Å²) in [5.74, 6) is -8.79. The molecule has 1 unspecified atom stereocenters. The van der Waals surface area contributed by atoms with Crippen LogP contribution in [0.4, 0.5) is 0 Å². The van der Waals surface area contributed by atoms with Gasteiger partial charge in [-0.2, -0.15) is 0 Å². The summed E-state index contributed by atoms with van der Waals surface area (Å²) >= 11 is 0. The van der Waals surface area contributed by atoms with Crippen LogP contribution in [0.5, 0.6) is 0 Å². The van der Waals surface area contributed by atoms with Gasteiger partial charge in [0.2, 0.25) is 0 Å². The van der Waals surface area contributed by atoms with Crippen LogP contribution in [-0.2, 0) is 47.7 Å². The summed E-state index contributed by atoms with van der Waals surface area (Å²) in [5, 5.41) is 18.5. The molecule has 0 saturated heterocycles. The minimum atomic E-state index is -3.03. The van der Waals surface area contributed by atoms with Gasteiger partial charge in [-0.25, -0.2) is 24.0 Å². The number of hydrogen-bond donors (Lipinski definition) is 2. The zero-order chi connectivity index (χ0) is 30.9. The number of aliphatic hydroxyl groups excluding tert-OH is 1. The van der Waals surface area contributed by atoms with Crippen molar-refractivity contribution >= 4 is 40.1 Å². The molecule has 0 saturated carbocycles. The molecule has 0 amide bonds. The number of carboxylic acids is 1. The van der Waals surface area contributed by atoms with Gasteiger partial charge in [0, 0.05) is 39.1 Å². The number of aliphatic carboxylic acids is 1. The van der Waals surface area contributed by atoms with Gasteiger partial charge in [0.15, 0.2) is 5.57 Å². The summed E-state index contributed by atoms with van der Waals surface area (Å²) in [6, 6.07) is 1.20. The predicted molar refractivity (Wildman–Crippen MR) is 144 cm³/mol. The first-order valence-electron chi connectivity index (χ1n) is 11.6. The van der Waals surface area contributed by atoms with Gasteiger partial charge >= 0.3 is 35.8 Å². The molecule has 0 radical (unpaired) electrons. The lowest BCUT2D eigenvalue weighted by atomic mass is 10.2. The molecule has 0 aliphatic rings. The van der Waals surface area contributed by atoms with E-state index in [0.29, 0.717) is 12.2 Å². The normalized spacial score (nSPS) is 11.0. The summed E-state index contributed by atoms with van der Waals surface area (Å²) in [5.41, 5.74) is -1.21. The average molecular weight is 571 g/mol. The fraction of sp³-hybridized carbons (Fsp3) is 0.423. The second-order valence-corrected chi connectivity index (χ2v) is 9.31. The van der Waals surface area contributed by atoms with Crippen molar-refractivity contribution in [2.75, 3.05) is 19.8 Å². The molecule has 0 fully saturated rings. The molecule has 0 spiro atoms. The lowest BCUT2D eigenvalue weighted by molar-refractivity contribution is -0.304. The molecule has 0 aromatic rings. The van der Waals surface area contributed by atoms with E-state index in [9.17, 15) is 29.1 Å². The lowest BCUT2D eigenvalue weighted by Gasteiger charge is -2.31. The highest BCUT2D eigenvalue weighted by Gasteiger charge is 2.50. The van der Waals surface area contributed by atoms with Gasteiger partial charge in [-0.15, -0.1) is 0 Å². The molecular weight excluding hydrogens is 532 g/mol. The molecule has 0 aliphatic heterocycles. The number of ether oxygens (including phenoxy) is 5. The van der Waals surface area contributed by atoms with Crippen molar-refractivity contribution in [1.82, 2.24) is 0 Å². The van der Waals surface area contributed by atoms with Crippen molar-refractivity contribution in [1.29, 1.82) is 0 Å². The Kier molecular flexibility index (Phi) is 17.7. The fourth-order valence-corrected chi connectivity index (χ4v) is 2.10. The van der Waals surface area contributed by atoms with E-state index in [0.717, 1.165) is 6.42 Å². The van der Waals surface area contributed by atoms with Crippen molar-refractivity contribution in [3.63, 3.8) is 0 Å². The van der Waals surface area contributed by atoms with E-state index in [-0.39, 0.29) is 29.9 Å². The first kappa shape index (κ1) is 37.3. The second kappa shape index (κ2) is 18.4. The van der Waals surface area contributed by atoms with Crippen molar-refractivity contribution < 1.29 is 57.9 Å². The summed E-state index contributed by atoms with van der Waals surface area (Å²) in [6.07, 6.45) is 0.284. The van der Waals surface area contributed by atoms with E-state index in [1.807, 2.05) is 0 Å². The van der Waals surface area contributed by atoms with E-state index in [2.05, 4.69) is 32.9 Å². The van der Waals surface area contributed by atoms with Crippen molar-refractivity contribution in [3.8, 4) is 0 Å². The number of esters is 4. The average Bonchev–Trinajstić information content (AvgIpc) is 2.84. The molecule has 13 heteroatoms. The summed E-state index contributed by atoms with van der Waals surface area (Å²) in [6.45, 7) is 22.6. The molecule has 0 bridgehead atoms. The summed E-state index contributed by atoms with van der Waals surface area (Å²) in [4.78, 5) is 57.6. The van der Waals surface area contributed by atoms with Crippen LogP contribution in [0.1, 0.15) is 34.1 Å². The van der Waals surface area contributed by atoms with Crippen LogP contribution < -0.4 is 0 Å². The maximum atomic E-state index is 11.8. The van der Waals surface area contributed by atoms with Crippen LogP contribution in [0.2, 0.25) is 6.04 Å². The molecule has 39 heavy (non-hydrogen) atoms. The van der Waals surface area contributed by atoms with E-state index in [1.165, 1.54) is 37.1 Å². The highest BCUT2D eigenvalue weighted by atomic mass is 28.1. The molecule has 0 heterocycles. The largest absolute Gasteiger partial charge is 0.478 e. The Labute approximate surface area is 231 Å².